The zero-order valence-corrected chi connectivity index (χ0v) is 17.7. The lowest BCUT2D eigenvalue weighted by Crippen LogP contribution is -2.23. The molecule has 0 aromatic heterocycles. The van der Waals surface area contributed by atoms with Gasteiger partial charge in [-0.1, -0.05) is 13.0 Å². The lowest BCUT2D eigenvalue weighted by Gasteiger charge is -2.15. The average Bonchev–Trinajstić information content (AvgIpc) is 3.09. The lowest BCUT2D eigenvalue weighted by molar-refractivity contribution is 0.332. The number of benzene rings is 2. The van der Waals surface area contributed by atoms with Crippen LogP contribution >= 0.6 is 0 Å². The fourth-order valence-electron chi connectivity index (χ4n) is 3.49. The van der Waals surface area contributed by atoms with E-state index in [0.29, 0.717) is 11.3 Å². The third-order valence-electron chi connectivity index (χ3n) is 5.30. The molecule has 1 saturated heterocycles. The zero-order chi connectivity index (χ0) is 20.7. The first kappa shape index (κ1) is 21.9. The van der Waals surface area contributed by atoms with Crippen LogP contribution in [-0.2, 0) is 6.42 Å². The minimum absolute atomic E-state index is 0.207. The molecule has 0 radical (unpaired) electrons. The van der Waals surface area contributed by atoms with Crippen molar-refractivity contribution in [2.45, 2.75) is 40.5 Å². The lowest BCUT2D eigenvalue weighted by atomic mass is 10.0. The number of nitriles is 1. The molecule has 1 heterocycles. The quantitative estimate of drug-likeness (QED) is 0.729. The van der Waals surface area contributed by atoms with Gasteiger partial charge in [0.05, 0.1) is 18.7 Å². The van der Waals surface area contributed by atoms with Gasteiger partial charge in [0.1, 0.15) is 11.6 Å². The summed E-state index contributed by atoms with van der Waals surface area (Å²) in [5, 5.41) is 8.94. The van der Waals surface area contributed by atoms with Gasteiger partial charge in [-0.15, -0.1) is 0 Å². The number of methoxy groups -OCH3 is 1. The van der Waals surface area contributed by atoms with E-state index in [9.17, 15) is 4.39 Å². The fourth-order valence-corrected chi connectivity index (χ4v) is 3.49. The normalized spacial score (nSPS) is 16.2. The van der Waals surface area contributed by atoms with Gasteiger partial charge in [-0.25, -0.2) is 4.39 Å². The molecule has 1 atom stereocenters. The van der Waals surface area contributed by atoms with Crippen molar-refractivity contribution in [3.05, 3.63) is 64.0 Å². The van der Waals surface area contributed by atoms with E-state index in [1.807, 2.05) is 25.1 Å². The summed E-state index contributed by atoms with van der Waals surface area (Å²) in [5.74, 6) is 1.22. The molecule has 4 heteroatoms. The van der Waals surface area contributed by atoms with E-state index in [0.717, 1.165) is 30.0 Å². The van der Waals surface area contributed by atoms with Crippen LogP contribution in [0.15, 0.2) is 30.3 Å². The molecule has 0 saturated carbocycles. The Balaban J connectivity index is 0.000000221. The Bertz CT molecular complexity index is 818. The molecule has 3 nitrogen and oxygen atoms in total. The molecule has 28 heavy (non-hydrogen) atoms. The Hall–Kier alpha value is -2.38. The van der Waals surface area contributed by atoms with E-state index in [1.165, 1.54) is 43.8 Å². The highest BCUT2D eigenvalue weighted by Crippen LogP contribution is 2.19. The number of aryl methyl sites for hydroxylation is 2. The predicted molar refractivity (Wildman–Crippen MR) is 112 cm³/mol. The Morgan fingerprint density at radius 2 is 1.93 bits per heavy atom. The molecular weight excluding hydrogens is 351 g/mol. The SMILES string of the molecule is COc1cc(C)c(C)c(F)c1.Cc1cc(C#N)cc(CCN2CCC(C)C2)c1. The third-order valence-corrected chi connectivity index (χ3v) is 5.30. The minimum Gasteiger partial charge on any atom is -0.497 e. The molecule has 0 N–H and O–H groups in total. The highest BCUT2D eigenvalue weighted by atomic mass is 19.1. The van der Waals surface area contributed by atoms with Gasteiger partial charge in [0.15, 0.2) is 0 Å². The molecule has 0 amide bonds. The summed E-state index contributed by atoms with van der Waals surface area (Å²) in [5.41, 5.74) is 4.87. The van der Waals surface area contributed by atoms with Gasteiger partial charge in [-0.3, -0.25) is 0 Å². The van der Waals surface area contributed by atoms with E-state index < -0.39 is 0 Å². The largest absolute Gasteiger partial charge is 0.497 e. The summed E-state index contributed by atoms with van der Waals surface area (Å²) in [6.07, 6.45) is 2.39. The first-order valence-electron chi connectivity index (χ1n) is 9.86. The number of ether oxygens (including phenoxy) is 1. The van der Waals surface area contributed by atoms with Gasteiger partial charge in [0.2, 0.25) is 0 Å². The molecule has 0 aliphatic carbocycles. The third kappa shape index (κ3) is 6.35. The van der Waals surface area contributed by atoms with Crippen LogP contribution in [0.3, 0.4) is 0 Å². The second-order valence-electron chi connectivity index (χ2n) is 7.81. The number of likely N-dealkylation sites (tertiary alicyclic amines) is 1. The Morgan fingerprint density at radius 1 is 1.18 bits per heavy atom. The summed E-state index contributed by atoms with van der Waals surface area (Å²) in [6, 6.07) is 11.6. The molecule has 0 spiro atoms. The maximum absolute atomic E-state index is 12.9. The van der Waals surface area contributed by atoms with Crippen molar-refractivity contribution >= 4 is 0 Å². The Morgan fingerprint density at radius 3 is 2.50 bits per heavy atom. The van der Waals surface area contributed by atoms with Crippen LogP contribution in [0.25, 0.3) is 0 Å². The number of rotatable bonds is 4. The molecule has 2 aromatic rings. The van der Waals surface area contributed by atoms with Crippen LogP contribution in [0.5, 0.6) is 5.75 Å². The number of hydrogen-bond donors (Lipinski definition) is 0. The van der Waals surface area contributed by atoms with Crippen molar-refractivity contribution in [3.63, 3.8) is 0 Å². The first-order valence-corrected chi connectivity index (χ1v) is 9.86. The molecule has 2 aromatic carbocycles. The van der Waals surface area contributed by atoms with Crippen LogP contribution < -0.4 is 4.74 Å². The van der Waals surface area contributed by atoms with Crippen molar-refractivity contribution in [2.75, 3.05) is 26.7 Å². The first-order chi connectivity index (χ1) is 13.3. The van der Waals surface area contributed by atoms with E-state index in [4.69, 9.17) is 10.00 Å². The van der Waals surface area contributed by atoms with Gasteiger partial charge in [0, 0.05) is 19.2 Å². The van der Waals surface area contributed by atoms with Crippen molar-refractivity contribution in [2.24, 2.45) is 5.92 Å². The zero-order valence-electron chi connectivity index (χ0n) is 17.7. The van der Waals surface area contributed by atoms with Crippen LogP contribution in [0, 0.1) is 43.8 Å². The standard InChI is InChI=1S/C15H20N2.C9H11FO/c1-12-3-5-17(11-12)6-4-14-7-13(2)8-15(9-14)10-16;1-6-4-8(11-3)5-9(10)7(6)2/h7-9,12H,3-6,11H2,1-2H3;4-5H,1-3H3. The molecule has 1 aliphatic heterocycles. The van der Waals surface area contributed by atoms with Gasteiger partial charge in [-0.2, -0.15) is 5.26 Å². The van der Waals surface area contributed by atoms with E-state index in [2.05, 4.69) is 30.9 Å². The monoisotopic (exact) mass is 382 g/mol. The number of hydrogen-bond acceptors (Lipinski definition) is 3. The molecular formula is C24H31FN2O. The summed E-state index contributed by atoms with van der Waals surface area (Å²) >= 11 is 0. The summed E-state index contributed by atoms with van der Waals surface area (Å²) in [7, 11) is 1.53. The van der Waals surface area contributed by atoms with Gasteiger partial charge >= 0.3 is 0 Å². The molecule has 1 fully saturated rings. The number of nitrogens with zero attached hydrogens (tertiary/aromatic N) is 2. The Labute approximate surface area is 168 Å². The molecule has 1 unspecified atom stereocenters. The topological polar surface area (TPSA) is 36.3 Å². The second-order valence-corrected chi connectivity index (χ2v) is 7.81. The predicted octanol–water partition coefficient (Wildman–Crippen LogP) is 5.20. The van der Waals surface area contributed by atoms with E-state index in [-0.39, 0.29) is 5.82 Å². The summed E-state index contributed by atoms with van der Waals surface area (Å²) in [4.78, 5) is 2.53. The van der Waals surface area contributed by atoms with Gasteiger partial charge in [0.25, 0.3) is 0 Å². The maximum Gasteiger partial charge on any atom is 0.130 e. The van der Waals surface area contributed by atoms with Gasteiger partial charge < -0.3 is 9.64 Å². The van der Waals surface area contributed by atoms with E-state index in [1.54, 1.807) is 6.92 Å². The van der Waals surface area contributed by atoms with Crippen molar-refractivity contribution in [3.8, 4) is 11.8 Å². The van der Waals surface area contributed by atoms with Crippen molar-refractivity contribution in [1.82, 2.24) is 4.90 Å². The minimum atomic E-state index is -0.207. The molecule has 3 rings (SSSR count). The molecule has 150 valence electrons. The van der Waals surface area contributed by atoms with Crippen molar-refractivity contribution < 1.29 is 9.13 Å². The second kappa shape index (κ2) is 10.2. The number of halogens is 1. The fraction of sp³-hybridized carbons (Fsp3) is 0.458. The van der Waals surface area contributed by atoms with Crippen molar-refractivity contribution in [1.29, 1.82) is 5.26 Å². The molecule has 0 bridgehead atoms. The van der Waals surface area contributed by atoms with Gasteiger partial charge in [-0.05, 0) is 86.5 Å². The smallest absolute Gasteiger partial charge is 0.130 e. The molecule has 1 aliphatic rings. The van der Waals surface area contributed by atoms with Crippen LogP contribution in [-0.4, -0.2) is 31.6 Å². The highest BCUT2D eigenvalue weighted by molar-refractivity contribution is 5.37. The average molecular weight is 383 g/mol. The van der Waals surface area contributed by atoms with Crippen LogP contribution in [0.4, 0.5) is 4.39 Å². The van der Waals surface area contributed by atoms with E-state index >= 15 is 0 Å². The summed E-state index contributed by atoms with van der Waals surface area (Å²) in [6.45, 7) is 11.6. The Kier molecular flexibility index (Phi) is 8.02. The summed E-state index contributed by atoms with van der Waals surface area (Å²) < 4.78 is 17.8. The highest BCUT2D eigenvalue weighted by Gasteiger charge is 2.17. The van der Waals surface area contributed by atoms with Crippen LogP contribution in [0.2, 0.25) is 0 Å². The van der Waals surface area contributed by atoms with Crippen LogP contribution in [0.1, 0.15) is 41.2 Å². The maximum atomic E-state index is 12.9.